The Bertz CT molecular complexity index is 858. The fraction of sp³-hybridized carbons (Fsp3) is 0.417. The molecular weight excluding hydrogens is 535 g/mol. The Morgan fingerprint density at radius 2 is 1.81 bits per heavy atom. The molecule has 8 heteroatoms. The molecule has 0 saturated carbocycles. The van der Waals surface area contributed by atoms with Crippen LogP contribution in [0.4, 0.5) is 0 Å². The number of rotatable bonds is 7. The first-order valence-corrected chi connectivity index (χ1v) is 11.8. The van der Waals surface area contributed by atoms with E-state index in [0.29, 0.717) is 32.8 Å². The van der Waals surface area contributed by atoms with Crippen LogP contribution < -0.4 is 5.32 Å². The Kier molecular flexibility index (Phi) is 11.3. The molecule has 0 bridgehead atoms. The van der Waals surface area contributed by atoms with Gasteiger partial charge in [0, 0.05) is 45.2 Å². The highest BCUT2D eigenvalue weighted by atomic mass is 127. The van der Waals surface area contributed by atoms with Crippen LogP contribution in [0.3, 0.4) is 0 Å². The molecule has 1 N–H and O–H groups in total. The summed E-state index contributed by atoms with van der Waals surface area (Å²) in [5, 5.41) is 3.42. The Labute approximate surface area is 212 Å². The lowest BCUT2D eigenvalue weighted by Crippen LogP contribution is -2.47. The minimum Gasteiger partial charge on any atom is -0.378 e. The van der Waals surface area contributed by atoms with Crippen molar-refractivity contribution in [1.29, 1.82) is 0 Å². The van der Waals surface area contributed by atoms with Crippen molar-refractivity contribution in [3.05, 3.63) is 65.7 Å². The molecular formula is C24H33IN4O2S. The first kappa shape index (κ1) is 26.5. The SMILES string of the molecule is CN=C(NCC(C(=O)N1CCOCC1)c1ccccc1)N(C)Cc1ccc(SC)cc1.I. The number of amides is 1. The summed E-state index contributed by atoms with van der Waals surface area (Å²) in [6, 6.07) is 18.5. The molecule has 1 fully saturated rings. The maximum Gasteiger partial charge on any atom is 0.232 e. The fourth-order valence-electron chi connectivity index (χ4n) is 3.69. The van der Waals surface area contributed by atoms with Gasteiger partial charge in [-0.05, 0) is 29.5 Å². The lowest BCUT2D eigenvalue weighted by atomic mass is 9.97. The van der Waals surface area contributed by atoms with Crippen molar-refractivity contribution < 1.29 is 9.53 Å². The summed E-state index contributed by atoms with van der Waals surface area (Å²) in [6.45, 7) is 3.71. The van der Waals surface area contributed by atoms with E-state index in [2.05, 4.69) is 45.7 Å². The van der Waals surface area contributed by atoms with Crippen molar-refractivity contribution in [2.24, 2.45) is 4.99 Å². The summed E-state index contributed by atoms with van der Waals surface area (Å²) in [5.74, 6) is 0.628. The van der Waals surface area contributed by atoms with Crippen molar-refractivity contribution in [2.45, 2.75) is 17.4 Å². The number of halogens is 1. The van der Waals surface area contributed by atoms with Crippen LogP contribution in [0, 0.1) is 0 Å². The van der Waals surface area contributed by atoms with Crippen LogP contribution in [0.5, 0.6) is 0 Å². The summed E-state index contributed by atoms with van der Waals surface area (Å²) in [7, 11) is 3.79. The highest BCUT2D eigenvalue weighted by molar-refractivity contribution is 14.0. The number of ether oxygens (including phenoxy) is 1. The molecule has 1 aliphatic heterocycles. The van der Waals surface area contributed by atoms with Crippen LogP contribution in [-0.4, -0.2) is 74.9 Å². The minimum atomic E-state index is -0.273. The van der Waals surface area contributed by atoms with Crippen molar-refractivity contribution >= 4 is 47.6 Å². The largest absolute Gasteiger partial charge is 0.378 e. The van der Waals surface area contributed by atoms with Gasteiger partial charge in [-0.25, -0.2) is 0 Å². The van der Waals surface area contributed by atoms with Gasteiger partial charge in [0.25, 0.3) is 0 Å². The van der Waals surface area contributed by atoms with E-state index in [1.807, 2.05) is 42.3 Å². The van der Waals surface area contributed by atoms with E-state index in [1.54, 1.807) is 18.8 Å². The summed E-state index contributed by atoms with van der Waals surface area (Å²) in [5.41, 5.74) is 2.23. The van der Waals surface area contributed by atoms with Crippen molar-refractivity contribution in [2.75, 3.05) is 53.2 Å². The average Bonchev–Trinajstić information content (AvgIpc) is 2.83. The summed E-state index contributed by atoms with van der Waals surface area (Å²) < 4.78 is 5.42. The zero-order chi connectivity index (χ0) is 22.1. The van der Waals surface area contributed by atoms with Crippen molar-refractivity contribution in [3.8, 4) is 0 Å². The molecule has 0 aromatic heterocycles. The maximum absolute atomic E-state index is 13.3. The van der Waals surface area contributed by atoms with Gasteiger partial charge in [-0.2, -0.15) is 0 Å². The molecule has 32 heavy (non-hydrogen) atoms. The lowest BCUT2D eigenvalue weighted by Gasteiger charge is -2.31. The number of nitrogens with one attached hydrogen (secondary N) is 1. The predicted molar refractivity (Wildman–Crippen MR) is 143 cm³/mol. The molecule has 6 nitrogen and oxygen atoms in total. The molecule has 0 radical (unpaired) electrons. The van der Waals surface area contributed by atoms with Crippen LogP contribution in [0.1, 0.15) is 17.0 Å². The number of morpholine rings is 1. The van der Waals surface area contributed by atoms with Crippen LogP contribution >= 0.6 is 35.7 Å². The minimum absolute atomic E-state index is 0. The number of hydrogen-bond donors (Lipinski definition) is 1. The Balaban J connectivity index is 0.00000363. The summed E-state index contributed by atoms with van der Waals surface area (Å²) in [6.07, 6.45) is 2.08. The van der Waals surface area contributed by atoms with E-state index in [0.717, 1.165) is 18.1 Å². The predicted octanol–water partition coefficient (Wildman–Crippen LogP) is 3.68. The van der Waals surface area contributed by atoms with Gasteiger partial charge < -0.3 is 19.9 Å². The molecule has 2 aromatic rings. The molecule has 1 saturated heterocycles. The van der Waals surface area contributed by atoms with E-state index in [4.69, 9.17) is 4.74 Å². The first-order valence-electron chi connectivity index (χ1n) is 10.6. The third kappa shape index (κ3) is 7.38. The second-order valence-corrected chi connectivity index (χ2v) is 8.41. The van der Waals surface area contributed by atoms with E-state index >= 15 is 0 Å². The van der Waals surface area contributed by atoms with Crippen LogP contribution in [0.2, 0.25) is 0 Å². The second-order valence-electron chi connectivity index (χ2n) is 7.53. The molecule has 3 rings (SSSR count). The van der Waals surface area contributed by atoms with Crippen LogP contribution in [-0.2, 0) is 16.1 Å². The first-order chi connectivity index (χ1) is 15.1. The number of benzene rings is 2. The van der Waals surface area contributed by atoms with Gasteiger partial charge in [-0.3, -0.25) is 9.79 Å². The lowest BCUT2D eigenvalue weighted by molar-refractivity contribution is -0.136. The van der Waals surface area contributed by atoms with E-state index < -0.39 is 0 Å². The summed E-state index contributed by atoms with van der Waals surface area (Å²) >= 11 is 1.74. The number of carbonyl (C=O) groups is 1. The third-order valence-corrected chi connectivity index (χ3v) is 6.18. The molecule has 1 amide bonds. The van der Waals surface area contributed by atoms with Gasteiger partial charge in [0.2, 0.25) is 5.91 Å². The summed E-state index contributed by atoms with van der Waals surface area (Å²) in [4.78, 5) is 23.0. The van der Waals surface area contributed by atoms with Crippen molar-refractivity contribution in [1.82, 2.24) is 15.1 Å². The number of guanidine groups is 1. The fourth-order valence-corrected chi connectivity index (χ4v) is 4.10. The Morgan fingerprint density at radius 1 is 1.16 bits per heavy atom. The molecule has 174 valence electrons. The number of aliphatic imine (C=N–C) groups is 1. The Hall–Kier alpha value is -1.78. The average molecular weight is 569 g/mol. The van der Waals surface area contributed by atoms with Crippen LogP contribution in [0.25, 0.3) is 0 Å². The molecule has 1 atom stereocenters. The molecule has 0 spiro atoms. The molecule has 1 aliphatic rings. The molecule has 0 aliphatic carbocycles. The number of carbonyl (C=O) groups excluding carboxylic acids is 1. The Morgan fingerprint density at radius 3 is 2.41 bits per heavy atom. The van der Waals surface area contributed by atoms with Gasteiger partial charge in [0.1, 0.15) is 0 Å². The smallest absolute Gasteiger partial charge is 0.232 e. The van der Waals surface area contributed by atoms with Gasteiger partial charge in [-0.1, -0.05) is 42.5 Å². The molecule has 1 unspecified atom stereocenters. The van der Waals surface area contributed by atoms with Gasteiger partial charge >= 0.3 is 0 Å². The number of nitrogens with zero attached hydrogens (tertiary/aromatic N) is 3. The highest BCUT2D eigenvalue weighted by Gasteiger charge is 2.27. The number of thioether (sulfide) groups is 1. The maximum atomic E-state index is 13.3. The monoisotopic (exact) mass is 568 g/mol. The van der Waals surface area contributed by atoms with Gasteiger partial charge in [0.05, 0.1) is 19.1 Å². The topological polar surface area (TPSA) is 57.2 Å². The quantitative estimate of drug-likeness (QED) is 0.239. The van der Waals surface area contributed by atoms with Gasteiger partial charge in [-0.15, -0.1) is 35.7 Å². The van der Waals surface area contributed by atoms with Gasteiger partial charge in [0.15, 0.2) is 5.96 Å². The zero-order valence-corrected chi connectivity index (χ0v) is 22.1. The second kappa shape index (κ2) is 13.7. The zero-order valence-electron chi connectivity index (χ0n) is 19.0. The van der Waals surface area contributed by atoms with E-state index in [9.17, 15) is 4.79 Å². The van der Waals surface area contributed by atoms with E-state index in [-0.39, 0.29) is 35.8 Å². The van der Waals surface area contributed by atoms with Crippen LogP contribution in [0.15, 0.2) is 64.5 Å². The third-order valence-electron chi connectivity index (χ3n) is 5.44. The standard InChI is InChI=1S/C24H32N4O2S.HI/c1-25-24(27(2)18-19-9-11-21(31-3)12-10-19)26-17-22(20-7-5-4-6-8-20)23(29)28-13-15-30-16-14-28;/h4-12,22H,13-18H2,1-3H3,(H,25,26);1H. The molecule has 2 aromatic carbocycles. The highest BCUT2D eigenvalue weighted by Crippen LogP contribution is 2.19. The number of hydrogen-bond acceptors (Lipinski definition) is 4. The van der Waals surface area contributed by atoms with E-state index in [1.165, 1.54) is 10.5 Å². The van der Waals surface area contributed by atoms with Crippen molar-refractivity contribution in [3.63, 3.8) is 0 Å². The normalized spacial score (nSPS) is 15.0. The molecule has 1 heterocycles.